The van der Waals surface area contributed by atoms with Gasteiger partial charge in [0, 0.05) is 11.7 Å². The van der Waals surface area contributed by atoms with Crippen molar-refractivity contribution in [2.75, 3.05) is 25.5 Å². The normalized spacial score (nSPS) is 21.5. The van der Waals surface area contributed by atoms with Crippen LogP contribution in [0.1, 0.15) is 30.4 Å². The average molecular weight is 230 g/mol. The van der Waals surface area contributed by atoms with Gasteiger partial charge in [-0.15, -0.1) is 0 Å². The summed E-state index contributed by atoms with van der Waals surface area (Å²) in [6, 6.07) is 7.63. The molecule has 1 aliphatic heterocycles. The lowest BCUT2D eigenvalue weighted by atomic mass is 10.0. The average Bonchev–Trinajstić information content (AvgIpc) is 2.79. The number of hydrogen-bond donors (Lipinski definition) is 1. The Hall–Kier alpha value is -1.02. The second kappa shape index (κ2) is 4.69. The quantitative estimate of drug-likeness (QED) is 0.840. The van der Waals surface area contributed by atoms with Gasteiger partial charge >= 0.3 is 0 Å². The fraction of sp³-hybridized carbons (Fsp3) is 0.600. The molecule has 0 unspecified atom stereocenters. The zero-order valence-electron chi connectivity index (χ0n) is 10.7. The van der Waals surface area contributed by atoms with Gasteiger partial charge in [-0.25, -0.2) is 0 Å². The highest BCUT2D eigenvalue weighted by Gasteiger charge is 2.17. The van der Waals surface area contributed by atoms with Gasteiger partial charge in [0.25, 0.3) is 0 Å². The number of hydrogen-bond acceptors (Lipinski definition) is 2. The van der Waals surface area contributed by atoms with Gasteiger partial charge in [0.05, 0.1) is 0 Å². The molecule has 1 aliphatic carbocycles. The molecule has 2 nitrogen and oxygen atoms in total. The van der Waals surface area contributed by atoms with Crippen molar-refractivity contribution in [1.29, 1.82) is 0 Å². The van der Waals surface area contributed by atoms with E-state index in [1.807, 2.05) is 0 Å². The second-order valence-electron chi connectivity index (χ2n) is 5.56. The van der Waals surface area contributed by atoms with E-state index in [-0.39, 0.29) is 0 Å². The first-order valence-electron chi connectivity index (χ1n) is 6.88. The van der Waals surface area contributed by atoms with Crippen molar-refractivity contribution in [3.8, 4) is 0 Å². The number of piperidine rings is 1. The van der Waals surface area contributed by atoms with Crippen LogP contribution in [0.5, 0.6) is 0 Å². The highest BCUT2D eigenvalue weighted by Crippen LogP contribution is 2.26. The lowest BCUT2D eigenvalue weighted by Crippen LogP contribution is -2.36. The molecule has 0 atom stereocenters. The van der Waals surface area contributed by atoms with Crippen LogP contribution in [0.2, 0.25) is 0 Å². The molecular formula is C15H22N2. The Bertz CT molecular complexity index is 392. The standard InChI is InChI=1S/C15H22N2/c1-17-9-7-14(8-10-17)16-15-6-5-12-3-2-4-13(12)11-15/h5-6,11,14,16H,2-4,7-10H2,1H3. The van der Waals surface area contributed by atoms with E-state index in [0.29, 0.717) is 6.04 Å². The van der Waals surface area contributed by atoms with Crippen LogP contribution in [0.4, 0.5) is 5.69 Å². The number of rotatable bonds is 2. The highest BCUT2D eigenvalue weighted by molar-refractivity contribution is 5.50. The number of nitrogens with one attached hydrogen (secondary N) is 1. The van der Waals surface area contributed by atoms with Gasteiger partial charge in [0.1, 0.15) is 0 Å². The van der Waals surface area contributed by atoms with Gasteiger partial charge < -0.3 is 10.2 Å². The summed E-state index contributed by atoms with van der Waals surface area (Å²) < 4.78 is 0. The molecule has 0 spiro atoms. The van der Waals surface area contributed by atoms with Crippen LogP contribution < -0.4 is 5.32 Å². The maximum absolute atomic E-state index is 3.70. The van der Waals surface area contributed by atoms with Crippen molar-refractivity contribution in [1.82, 2.24) is 4.90 Å². The summed E-state index contributed by atoms with van der Waals surface area (Å²) in [6.45, 7) is 2.45. The molecule has 0 bridgehead atoms. The number of anilines is 1. The molecule has 2 aliphatic rings. The third-order valence-electron chi connectivity index (χ3n) is 4.19. The molecular weight excluding hydrogens is 208 g/mol. The van der Waals surface area contributed by atoms with Crippen molar-refractivity contribution in [3.05, 3.63) is 29.3 Å². The predicted octanol–water partition coefficient (Wildman–Crippen LogP) is 2.68. The van der Waals surface area contributed by atoms with Crippen LogP contribution in [-0.2, 0) is 12.8 Å². The van der Waals surface area contributed by atoms with Crippen LogP contribution in [0.15, 0.2) is 18.2 Å². The Morgan fingerprint density at radius 1 is 1.12 bits per heavy atom. The van der Waals surface area contributed by atoms with Crippen LogP contribution in [0.25, 0.3) is 0 Å². The lowest BCUT2D eigenvalue weighted by Gasteiger charge is -2.30. The van der Waals surface area contributed by atoms with Gasteiger partial charge in [-0.2, -0.15) is 0 Å². The SMILES string of the molecule is CN1CCC(Nc2ccc3c(c2)CCC3)CC1. The molecule has 1 aromatic carbocycles. The van der Waals surface area contributed by atoms with E-state index in [9.17, 15) is 0 Å². The molecule has 0 saturated carbocycles. The van der Waals surface area contributed by atoms with Crippen molar-refractivity contribution in [2.24, 2.45) is 0 Å². The third kappa shape index (κ3) is 2.47. The van der Waals surface area contributed by atoms with Gasteiger partial charge in [-0.05, 0) is 75.5 Å². The zero-order chi connectivity index (χ0) is 11.7. The summed E-state index contributed by atoms with van der Waals surface area (Å²) in [7, 11) is 2.21. The summed E-state index contributed by atoms with van der Waals surface area (Å²) in [5, 5.41) is 3.70. The Morgan fingerprint density at radius 3 is 2.71 bits per heavy atom. The summed E-state index contributed by atoms with van der Waals surface area (Å²) in [6.07, 6.45) is 6.44. The largest absolute Gasteiger partial charge is 0.382 e. The molecule has 1 fully saturated rings. The first-order chi connectivity index (χ1) is 8.31. The molecule has 92 valence electrons. The zero-order valence-corrected chi connectivity index (χ0v) is 10.7. The van der Waals surface area contributed by atoms with E-state index in [2.05, 4.69) is 35.5 Å². The Labute approximate surface area is 104 Å². The minimum Gasteiger partial charge on any atom is -0.382 e. The predicted molar refractivity (Wildman–Crippen MR) is 72.6 cm³/mol. The monoisotopic (exact) mass is 230 g/mol. The summed E-state index contributed by atoms with van der Waals surface area (Å²) in [5.74, 6) is 0. The summed E-state index contributed by atoms with van der Waals surface area (Å²) in [5.41, 5.74) is 4.47. The highest BCUT2D eigenvalue weighted by atomic mass is 15.1. The van der Waals surface area contributed by atoms with E-state index in [1.165, 1.54) is 50.9 Å². The van der Waals surface area contributed by atoms with E-state index in [1.54, 1.807) is 11.1 Å². The summed E-state index contributed by atoms with van der Waals surface area (Å²) in [4.78, 5) is 2.42. The number of fused-ring (bicyclic) bond motifs is 1. The minimum absolute atomic E-state index is 0.672. The lowest BCUT2D eigenvalue weighted by molar-refractivity contribution is 0.264. The summed E-state index contributed by atoms with van der Waals surface area (Å²) >= 11 is 0. The fourth-order valence-corrected chi connectivity index (χ4v) is 3.05. The van der Waals surface area contributed by atoms with E-state index < -0.39 is 0 Å². The first-order valence-corrected chi connectivity index (χ1v) is 6.88. The number of aryl methyl sites for hydroxylation is 2. The van der Waals surface area contributed by atoms with Crippen LogP contribution in [0.3, 0.4) is 0 Å². The van der Waals surface area contributed by atoms with Crippen molar-refractivity contribution >= 4 is 5.69 Å². The Balaban J connectivity index is 1.65. The van der Waals surface area contributed by atoms with Gasteiger partial charge in [-0.3, -0.25) is 0 Å². The fourth-order valence-electron chi connectivity index (χ4n) is 3.05. The molecule has 1 aromatic rings. The molecule has 3 rings (SSSR count). The third-order valence-corrected chi connectivity index (χ3v) is 4.19. The molecule has 2 heteroatoms. The molecule has 1 saturated heterocycles. The number of nitrogens with zero attached hydrogens (tertiary/aromatic N) is 1. The van der Waals surface area contributed by atoms with E-state index >= 15 is 0 Å². The van der Waals surface area contributed by atoms with Crippen molar-refractivity contribution in [2.45, 2.75) is 38.1 Å². The smallest absolute Gasteiger partial charge is 0.0345 e. The minimum atomic E-state index is 0.672. The van der Waals surface area contributed by atoms with Crippen LogP contribution in [-0.4, -0.2) is 31.1 Å². The Morgan fingerprint density at radius 2 is 1.88 bits per heavy atom. The van der Waals surface area contributed by atoms with Gasteiger partial charge in [-0.1, -0.05) is 6.07 Å². The molecule has 0 amide bonds. The van der Waals surface area contributed by atoms with Crippen LogP contribution in [0, 0.1) is 0 Å². The molecule has 0 aromatic heterocycles. The molecule has 1 heterocycles. The van der Waals surface area contributed by atoms with Gasteiger partial charge in [0.15, 0.2) is 0 Å². The van der Waals surface area contributed by atoms with Crippen LogP contribution >= 0.6 is 0 Å². The van der Waals surface area contributed by atoms with E-state index in [0.717, 1.165) is 0 Å². The Kier molecular flexibility index (Phi) is 3.06. The first kappa shape index (κ1) is 11.1. The topological polar surface area (TPSA) is 15.3 Å². The maximum atomic E-state index is 3.70. The second-order valence-corrected chi connectivity index (χ2v) is 5.56. The molecule has 17 heavy (non-hydrogen) atoms. The van der Waals surface area contributed by atoms with Crippen molar-refractivity contribution in [3.63, 3.8) is 0 Å². The van der Waals surface area contributed by atoms with Crippen molar-refractivity contribution < 1.29 is 0 Å². The van der Waals surface area contributed by atoms with E-state index in [4.69, 9.17) is 0 Å². The molecule has 0 radical (unpaired) electrons. The maximum Gasteiger partial charge on any atom is 0.0345 e. The number of benzene rings is 1. The number of likely N-dealkylation sites (tertiary alicyclic amines) is 1. The van der Waals surface area contributed by atoms with Gasteiger partial charge in [0.2, 0.25) is 0 Å². The molecule has 1 N–H and O–H groups in total.